The van der Waals surface area contributed by atoms with Gasteiger partial charge < -0.3 is 30.3 Å². The highest BCUT2D eigenvalue weighted by Gasteiger charge is 2.43. The van der Waals surface area contributed by atoms with Gasteiger partial charge in [0.2, 0.25) is 11.8 Å². The standard InChI is InChI=1S/C35H52Br2N2O6/c1-3-35(4-2,33(42)38-29(25-40)23-27-11-15-31(16-12-27)44-21-9-5-7-19-36)34(43)39-30(26-41)24-28-13-17-32(18-14-28)45-22-10-6-8-20-37/h11-18,29-30,40-41H,3-10,19-26H2,1-2H3,(H,38,42)(H,39,43)/t29-,30-/m0/s1. The number of halogens is 2. The van der Waals surface area contributed by atoms with E-state index in [1.54, 1.807) is 0 Å². The Kier molecular flexibility index (Phi) is 19.4. The summed E-state index contributed by atoms with van der Waals surface area (Å²) in [6.07, 6.45) is 7.84. The fourth-order valence-electron chi connectivity index (χ4n) is 5.10. The van der Waals surface area contributed by atoms with E-state index in [2.05, 4.69) is 42.5 Å². The number of carbonyl (C=O) groups is 2. The normalized spacial score (nSPS) is 12.8. The number of rotatable bonds is 24. The monoisotopic (exact) mass is 754 g/mol. The molecule has 2 rings (SSSR count). The van der Waals surface area contributed by atoms with Gasteiger partial charge >= 0.3 is 0 Å². The van der Waals surface area contributed by atoms with Gasteiger partial charge in [-0.15, -0.1) is 0 Å². The van der Waals surface area contributed by atoms with Crippen LogP contribution in [-0.2, 0) is 22.4 Å². The van der Waals surface area contributed by atoms with E-state index < -0.39 is 29.3 Å². The lowest BCUT2D eigenvalue weighted by Gasteiger charge is -2.32. The van der Waals surface area contributed by atoms with Crippen LogP contribution in [-0.4, -0.2) is 71.2 Å². The number of alkyl halides is 2. The maximum absolute atomic E-state index is 13.6. The summed E-state index contributed by atoms with van der Waals surface area (Å²) in [5.41, 5.74) is 0.547. The van der Waals surface area contributed by atoms with Gasteiger partial charge in [-0.3, -0.25) is 9.59 Å². The molecule has 0 aliphatic rings. The van der Waals surface area contributed by atoms with Crippen LogP contribution in [0.1, 0.15) is 76.3 Å². The van der Waals surface area contributed by atoms with Gasteiger partial charge in [-0.2, -0.15) is 0 Å². The number of unbranched alkanes of at least 4 members (excludes halogenated alkanes) is 4. The Morgan fingerprint density at radius 1 is 0.667 bits per heavy atom. The van der Waals surface area contributed by atoms with Gasteiger partial charge in [0.25, 0.3) is 0 Å². The molecule has 10 heteroatoms. The average Bonchev–Trinajstić information content (AvgIpc) is 3.06. The van der Waals surface area contributed by atoms with Crippen LogP contribution in [0, 0.1) is 5.41 Å². The molecule has 2 aromatic carbocycles. The lowest BCUT2D eigenvalue weighted by atomic mass is 9.79. The maximum Gasteiger partial charge on any atom is 0.235 e. The van der Waals surface area contributed by atoms with Gasteiger partial charge in [-0.1, -0.05) is 70.0 Å². The second-order valence-electron chi connectivity index (χ2n) is 11.4. The predicted octanol–water partition coefficient (Wildman–Crippen LogP) is 6.12. The predicted molar refractivity (Wildman–Crippen MR) is 188 cm³/mol. The zero-order chi connectivity index (χ0) is 32.9. The smallest absolute Gasteiger partial charge is 0.235 e. The van der Waals surface area contributed by atoms with Crippen LogP contribution in [0.4, 0.5) is 0 Å². The lowest BCUT2D eigenvalue weighted by molar-refractivity contribution is -0.145. The number of benzene rings is 2. The van der Waals surface area contributed by atoms with Crippen molar-refractivity contribution in [3.63, 3.8) is 0 Å². The van der Waals surface area contributed by atoms with E-state index in [1.807, 2.05) is 62.4 Å². The minimum Gasteiger partial charge on any atom is -0.494 e. The molecule has 2 atom stereocenters. The minimum absolute atomic E-state index is 0.265. The third kappa shape index (κ3) is 13.6. The summed E-state index contributed by atoms with van der Waals surface area (Å²) in [5, 5.41) is 28.0. The molecular weight excluding hydrogens is 704 g/mol. The molecule has 2 amide bonds. The Morgan fingerprint density at radius 2 is 1.04 bits per heavy atom. The van der Waals surface area contributed by atoms with Crippen molar-refractivity contribution in [1.82, 2.24) is 10.6 Å². The number of ether oxygens (including phenoxy) is 2. The van der Waals surface area contributed by atoms with Gasteiger partial charge in [0.15, 0.2) is 0 Å². The molecule has 0 bridgehead atoms. The number of hydrogen-bond acceptors (Lipinski definition) is 6. The van der Waals surface area contributed by atoms with Crippen LogP contribution in [0.2, 0.25) is 0 Å². The first kappa shape index (κ1) is 39.0. The number of aliphatic hydroxyl groups is 2. The van der Waals surface area contributed by atoms with Gasteiger partial charge in [0, 0.05) is 10.7 Å². The summed E-state index contributed by atoms with van der Waals surface area (Å²) in [7, 11) is 0. The van der Waals surface area contributed by atoms with Crippen LogP contribution in [0.25, 0.3) is 0 Å². The molecule has 0 aliphatic heterocycles. The van der Waals surface area contributed by atoms with Crippen molar-refractivity contribution in [1.29, 1.82) is 0 Å². The van der Waals surface area contributed by atoms with Crippen molar-refractivity contribution in [3.05, 3.63) is 59.7 Å². The number of nitrogens with one attached hydrogen (secondary N) is 2. The molecule has 0 unspecified atom stereocenters. The molecule has 8 nitrogen and oxygen atoms in total. The molecule has 252 valence electrons. The van der Waals surface area contributed by atoms with Crippen molar-refractivity contribution < 1.29 is 29.3 Å². The highest BCUT2D eigenvalue weighted by Crippen LogP contribution is 2.28. The molecule has 0 spiro atoms. The summed E-state index contributed by atoms with van der Waals surface area (Å²) in [5.74, 6) is 0.714. The highest BCUT2D eigenvalue weighted by molar-refractivity contribution is 9.09. The summed E-state index contributed by atoms with van der Waals surface area (Å²) < 4.78 is 11.6. The van der Waals surface area contributed by atoms with Crippen LogP contribution in [0.3, 0.4) is 0 Å². The first-order chi connectivity index (χ1) is 21.8. The molecule has 45 heavy (non-hydrogen) atoms. The molecule has 0 aromatic heterocycles. The van der Waals surface area contributed by atoms with Gasteiger partial charge in [0.1, 0.15) is 16.9 Å². The molecule has 0 heterocycles. The fraction of sp³-hybridized carbons (Fsp3) is 0.600. The van der Waals surface area contributed by atoms with Crippen molar-refractivity contribution in [2.45, 2.75) is 90.1 Å². The van der Waals surface area contributed by atoms with Crippen LogP contribution >= 0.6 is 31.9 Å². The quantitative estimate of drug-likeness (QED) is 0.0583. The SMILES string of the molecule is CCC(CC)(C(=O)N[C@H](CO)Cc1ccc(OCCCCCBr)cc1)C(=O)N[C@H](CO)Cc1ccc(OCCCCCBr)cc1. The molecule has 4 N–H and O–H groups in total. The Bertz CT molecular complexity index is 1010. The number of hydrogen-bond donors (Lipinski definition) is 4. The van der Waals surface area contributed by atoms with Crippen molar-refractivity contribution in [2.75, 3.05) is 37.1 Å². The minimum atomic E-state index is -1.33. The van der Waals surface area contributed by atoms with E-state index in [0.29, 0.717) is 26.1 Å². The van der Waals surface area contributed by atoms with E-state index in [1.165, 1.54) is 0 Å². The van der Waals surface area contributed by atoms with Crippen LogP contribution < -0.4 is 20.1 Å². The Balaban J connectivity index is 1.95. The Labute approximate surface area is 286 Å². The second-order valence-corrected chi connectivity index (χ2v) is 13.0. The van der Waals surface area contributed by atoms with Crippen molar-refractivity contribution >= 4 is 43.7 Å². The summed E-state index contributed by atoms with van der Waals surface area (Å²) in [4.78, 5) is 27.2. The second kappa shape index (κ2) is 22.4. The third-order valence-electron chi connectivity index (χ3n) is 8.09. The highest BCUT2D eigenvalue weighted by atomic mass is 79.9. The summed E-state index contributed by atoms with van der Waals surface area (Å²) in [6.45, 7) is 4.41. The van der Waals surface area contributed by atoms with Crippen molar-refractivity contribution in [2.24, 2.45) is 5.41 Å². The molecule has 0 aliphatic carbocycles. The number of amides is 2. The molecule has 2 aromatic rings. The fourth-order valence-corrected chi connectivity index (χ4v) is 5.90. The summed E-state index contributed by atoms with van der Waals surface area (Å²) in [6, 6.07) is 14.2. The molecule has 0 saturated carbocycles. The molecule has 0 saturated heterocycles. The zero-order valence-electron chi connectivity index (χ0n) is 26.9. The number of aliphatic hydroxyl groups excluding tert-OH is 2. The Morgan fingerprint density at radius 3 is 1.36 bits per heavy atom. The first-order valence-electron chi connectivity index (χ1n) is 16.2. The Hall–Kier alpha value is -2.14. The molecule has 0 radical (unpaired) electrons. The van der Waals surface area contributed by atoms with E-state index in [4.69, 9.17) is 9.47 Å². The van der Waals surface area contributed by atoms with E-state index >= 15 is 0 Å². The van der Waals surface area contributed by atoms with Gasteiger partial charge in [-0.25, -0.2) is 0 Å². The largest absolute Gasteiger partial charge is 0.494 e. The maximum atomic E-state index is 13.6. The van der Waals surface area contributed by atoms with Crippen LogP contribution in [0.15, 0.2) is 48.5 Å². The van der Waals surface area contributed by atoms with E-state index in [0.717, 1.165) is 71.8 Å². The van der Waals surface area contributed by atoms with Gasteiger partial charge in [0.05, 0.1) is 38.5 Å². The van der Waals surface area contributed by atoms with Crippen molar-refractivity contribution in [3.8, 4) is 11.5 Å². The lowest BCUT2D eigenvalue weighted by Crippen LogP contribution is -2.56. The van der Waals surface area contributed by atoms with E-state index in [-0.39, 0.29) is 26.1 Å². The zero-order valence-corrected chi connectivity index (χ0v) is 30.0. The van der Waals surface area contributed by atoms with Gasteiger partial charge in [-0.05, 0) is 99.6 Å². The molecular formula is C35H52Br2N2O6. The summed E-state index contributed by atoms with van der Waals surface area (Å²) >= 11 is 6.87. The number of carbonyl (C=O) groups excluding carboxylic acids is 2. The third-order valence-corrected chi connectivity index (χ3v) is 9.21. The van der Waals surface area contributed by atoms with E-state index in [9.17, 15) is 19.8 Å². The van der Waals surface area contributed by atoms with Crippen LogP contribution in [0.5, 0.6) is 11.5 Å². The first-order valence-corrected chi connectivity index (χ1v) is 18.5. The molecule has 0 fully saturated rings. The topological polar surface area (TPSA) is 117 Å². The average molecular weight is 757 g/mol.